The van der Waals surface area contributed by atoms with Gasteiger partial charge in [-0.2, -0.15) is 5.10 Å². The molecule has 0 saturated heterocycles. The Morgan fingerprint density at radius 3 is 2.40 bits per heavy atom. The van der Waals surface area contributed by atoms with E-state index in [2.05, 4.69) is 10.2 Å². The highest BCUT2D eigenvalue weighted by Crippen LogP contribution is 2.37. The fraction of sp³-hybridized carbons (Fsp3) is 0.111. The summed E-state index contributed by atoms with van der Waals surface area (Å²) in [5.74, 6) is -1.66. The molecule has 1 aromatic heterocycles. The number of fused-ring (bicyclic) bond motifs is 1. The molecule has 4 aromatic rings. The Hall–Kier alpha value is -4.04. The Morgan fingerprint density at radius 1 is 1.06 bits per heavy atom. The van der Waals surface area contributed by atoms with Gasteiger partial charge in [0.2, 0.25) is 0 Å². The molecule has 2 N–H and O–H groups in total. The van der Waals surface area contributed by atoms with Gasteiger partial charge in [0.05, 0.1) is 16.6 Å². The summed E-state index contributed by atoms with van der Waals surface area (Å²) in [5, 5.41) is 16.8. The molecule has 4 rings (SSSR count). The van der Waals surface area contributed by atoms with Crippen LogP contribution in [0.5, 0.6) is 0 Å². The van der Waals surface area contributed by atoms with Gasteiger partial charge in [0.25, 0.3) is 0 Å². The third-order valence-corrected chi connectivity index (χ3v) is 6.81. The molecule has 0 spiro atoms. The second-order valence-corrected chi connectivity index (χ2v) is 10.1. The van der Waals surface area contributed by atoms with Crippen molar-refractivity contribution in [2.24, 2.45) is 0 Å². The summed E-state index contributed by atoms with van der Waals surface area (Å²) in [5.41, 5.74) is 5.04. The molecular weight excluding hydrogens is 467 g/mol. The normalized spacial score (nSPS) is 12.8. The SMILES string of the molecule is CCC(=C(c1ccc(C=CC(=O)O)cc1)c1ccc2[nH]ncc2c1)c1ccc(S(C)(=O)=O)cc1F. The van der Waals surface area contributed by atoms with Crippen molar-refractivity contribution in [3.8, 4) is 0 Å². The minimum atomic E-state index is -3.55. The molecule has 0 fully saturated rings. The number of allylic oxidation sites excluding steroid dienone is 1. The summed E-state index contributed by atoms with van der Waals surface area (Å²) in [7, 11) is -3.55. The lowest BCUT2D eigenvalue weighted by molar-refractivity contribution is -0.131. The molecule has 1 heterocycles. The summed E-state index contributed by atoms with van der Waals surface area (Å²) < 4.78 is 39.1. The zero-order valence-electron chi connectivity index (χ0n) is 19.1. The first-order valence-electron chi connectivity index (χ1n) is 10.9. The predicted octanol–water partition coefficient (Wildman–Crippen LogP) is 5.57. The van der Waals surface area contributed by atoms with Gasteiger partial charge in [0, 0.05) is 23.3 Å². The Balaban J connectivity index is 1.94. The molecule has 0 amide bonds. The molecule has 3 aromatic carbocycles. The van der Waals surface area contributed by atoms with Gasteiger partial charge in [0.15, 0.2) is 9.84 Å². The molecule has 6 nitrogen and oxygen atoms in total. The van der Waals surface area contributed by atoms with E-state index in [1.54, 1.807) is 18.3 Å². The third-order valence-electron chi connectivity index (χ3n) is 5.70. The predicted molar refractivity (Wildman–Crippen MR) is 135 cm³/mol. The Kier molecular flexibility index (Phi) is 6.66. The number of hydrogen-bond acceptors (Lipinski definition) is 4. The number of carbonyl (C=O) groups is 1. The molecule has 0 bridgehead atoms. The summed E-state index contributed by atoms with van der Waals surface area (Å²) in [6, 6.07) is 17.1. The summed E-state index contributed by atoms with van der Waals surface area (Å²) in [6.07, 6.45) is 5.80. The number of aromatic amines is 1. The van der Waals surface area contributed by atoms with Crippen LogP contribution in [-0.2, 0) is 14.6 Å². The first-order valence-corrected chi connectivity index (χ1v) is 12.7. The van der Waals surface area contributed by atoms with Gasteiger partial charge in [-0.1, -0.05) is 43.3 Å². The third kappa shape index (κ3) is 5.22. The fourth-order valence-electron chi connectivity index (χ4n) is 4.01. The van der Waals surface area contributed by atoms with Crippen LogP contribution in [0.4, 0.5) is 4.39 Å². The van der Waals surface area contributed by atoms with Gasteiger partial charge in [-0.15, -0.1) is 0 Å². The topological polar surface area (TPSA) is 100 Å². The molecule has 178 valence electrons. The minimum absolute atomic E-state index is 0.0786. The Morgan fingerprint density at radius 2 is 1.77 bits per heavy atom. The number of sulfone groups is 1. The Bertz CT molecular complexity index is 1580. The van der Waals surface area contributed by atoms with E-state index in [0.717, 1.165) is 46.0 Å². The average molecular weight is 491 g/mol. The molecule has 35 heavy (non-hydrogen) atoms. The number of nitrogens with one attached hydrogen (secondary N) is 1. The van der Waals surface area contributed by atoms with E-state index in [1.807, 2.05) is 37.3 Å². The first-order chi connectivity index (χ1) is 16.7. The van der Waals surface area contributed by atoms with Gasteiger partial charge in [0.1, 0.15) is 5.82 Å². The van der Waals surface area contributed by atoms with E-state index in [-0.39, 0.29) is 4.90 Å². The summed E-state index contributed by atoms with van der Waals surface area (Å²) >= 11 is 0. The van der Waals surface area contributed by atoms with Gasteiger partial charge < -0.3 is 5.11 Å². The highest BCUT2D eigenvalue weighted by atomic mass is 32.2. The molecule has 0 radical (unpaired) electrons. The van der Waals surface area contributed by atoms with Crippen LogP contribution in [-0.4, -0.2) is 35.9 Å². The van der Waals surface area contributed by atoms with Crippen molar-refractivity contribution >= 4 is 43.9 Å². The standard InChI is InChI=1S/C27H23FN2O4S/c1-3-22(23-11-10-21(15-24(23)28)35(2,33)34)27(19-9-12-25-20(14-19)16-29-30-25)18-7-4-17(5-8-18)6-13-26(31)32/h4-16H,3H2,1-2H3,(H,29,30)(H,31,32). The van der Waals surface area contributed by atoms with Crippen LogP contribution in [0.15, 0.2) is 77.8 Å². The number of carboxylic acid groups (broad SMARTS) is 1. The number of hydrogen-bond donors (Lipinski definition) is 2. The van der Waals surface area contributed by atoms with Gasteiger partial charge in [-0.25, -0.2) is 17.6 Å². The van der Waals surface area contributed by atoms with E-state index in [9.17, 15) is 13.2 Å². The number of aliphatic carboxylic acids is 1. The molecule has 0 aliphatic rings. The quantitative estimate of drug-likeness (QED) is 0.260. The number of H-pyrrole nitrogens is 1. The molecule has 0 atom stereocenters. The van der Waals surface area contributed by atoms with Gasteiger partial charge in [-0.05, 0) is 64.6 Å². The number of halogens is 1. The van der Waals surface area contributed by atoms with Crippen LogP contribution in [0.25, 0.3) is 28.1 Å². The van der Waals surface area contributed by atoms with Crippen molar-refractivity contribution in [2.75, 3.05) is 6.26 Å². The molecule has 0 unspecified atom stereocenters. The van der Waals surface area contributed by atoms with E-state index in [1.165, 1.54) is 18.2 Å². The monoisotopic (exact) mass is 490 g/mol. The van der Waals surface area contributed by atoms with Crippen LogP contribution in [0.1, 0.15) is 35.6 Å². The highest BCUT2D eigenvalue weighted by molar-refractivity contribution is 7.90. The maximum Gasteiger partial charge on any atom is 0.328 e. The van der Waals surface area contributed by atoms with Crippen LogP contribution in [0.3, 0.4) is 0 Å². The number of rotatable bonds is 7. The second kappa shape index (κ2) is 9.68. The van der Waals surface area contributed by atoms with Crippen molar-refractivity contribution in [3.05, 3.63) is 101 Å². The maximum absolute atomic E-state index is 15.3. The fourth-order valence-corrected chi connectivity index (χ4v) is 4.65. The van der Waals surface area contributed by atoms with E-state index in [0.29, 0.717) is 23.1 Å². The summed E-state index contributed by atoms with van der Waals surface area (Å²) in [6.45, 7) is 1.92. The zero-order valence-corrected chi connectivity index (χ0v) is 19.9. The van der Waals surface area contributed by atoms with Crippen LogP contribution < -0.4 is 0 Å². The zero-order chi connectivity index (χ0) is 25.2. The van der Waals surface area contributed by atoms with E-state index in [4.69, 9.17) is 5.11 Å². The Labute approximate surface area is 202 Å². The molecule has 0 saturated carbocycles. The summed E-state index contributed by atoms with van der Waals surface area (Å²) in [4.78, 5) is 10.8. The van der Waals surface area contributed by atoms with Crippen molar-refractivity contribution in [1.29, 1.82) is 0 Å². The van der Waals surface area contributed by atoms with Crippen LogP contribution in [0.2, 0.25) is 0 Å². The minimum Gasteiger partial charge on any atom is -0.478 e. The second-order valence-electron chi connectivity index (χ2n) is 8.09. The first kappa shape index (κ1) is 24.1. The van der Waals surface area contributed by atoms with Crippen molar-refractivity contribution in [1.82, 2.24) is 10.2 Å². The molecule has 8 heteroatoms. The largest absolute Gasteiger partial charge is 0.478 e. The van der Waals surface area contributed by atoms with Crippen molar-refractivity contribution < 1.29 is 22.7 Å². The number of nitrogens with zero attached hydrogens (tertiary/aromatic N) is 1. The number of carboxylic acids is 1. The molecule has 0 aliphatic carbocycles. The van der Waals surface area contributed by atoms with Gasteiger partial charge >= 0.3 is 5.97 Å². The van der Waals surface area contributed by atoms with E-state index < -0.39 is 21.6 Å². The lowest BCUT2D eigenvalue weighted by Gasteiger charge is -2.17. The number of aromatic nitrogens is 2. The lowest BCUT2D eigenvalue weighted by atomic mass is 9.87. The van der Waals surface area contributed by atoms with Crippen LogP contribution in [0, 0.1) is 5.82 Å². The van der Waals surface area contributed by atoms with Crippen molar-refractivity contribution in [2.45, 2.75) is 18.2 Å². The van der Waals surface area contributed by atoms with Gasteiger partial charge in [-0.3, -0.25) is 5.10 Å². The highest BCUT2D eigenvalue weighted by Gasteiger charge is 2.18. The molecule has 0 aliphatic heterocycles. The van der Waals surface area contributed by atoms with Crippen LogP contribution >= 0.6 is 0 Å². The smallest absolute Gasteiger partial charge is 0.328 e. The van der Waals surface area contributed by atoms with E-state index >= 15 is 4.39 Å². The number of benzene rings is 3. The maximum atomic E-state index is 15.3. The van der Waals surface area contributed by atoms with Crippen molar-refractivity contribution in [3.63, 3.8) is 0 Å². The molecular formula is C27H23FN2O4S. The lowest BCUT2D eigenvalue weighted by Crippen LogP contribution is -2.01. The average Bonchev–Trinajstić information content (AvgIpc) is 3.29.